The quantitative estimate of drug-likeness (QED) is 0.475. The van der Waals surface area contributed by atoms with Gasteiger partial charge in [0.1, 0.15) is 17.1 Å². The Morgan fingerprint density at radius 1 is 1.22 bits per heavy atom. The highest BCUT2D eigenvalue weighted by atomic mass is 16.6. The number of carbonyl (C=O) groups excluding carboxylic acids is 2. The van der Waals surface area contributed by atoms with E-state index in [1.54, 1.807) is 32.0 Å². The Morgan fingerprint density at radius 3 is 2.56 bits per heavy atom. The molecule has 0 bridgehead atoms. The van der Waals surface area contributed by atoms with Gasteiger partial charge in [-0.3, -0.25) is 9.59 Å². The number of aryl methyl sites for hydroxylation is 2. The van der Waals surface area contributed by atoms with Gasteiger partial charge in [0.25, 0.3) is 5.56 Å². The first-order chi connectivity index (χ1) is 12.7. The number of hydrogen-bond donors (Lipinski definition) is 1. The molecule has 0 aliphatic rings. The zero-order chi connectivity index (χ0) is 20.1. The molecule has 7 heteroatoms. The molecule has 0 aliphatic heterocycles. The van der Waals surface area contributed by atoms with Crippen molar-refractivity contribution in [3.05, 3.63) is 63.1 Å². The summed E-state index contributed by atoms with van der Waals surface area (Å²) in [5, 5.41) is 9.95. The van der Waals surface area contributed by atoms with Gasteiger partial charge in [-0.25, -0.2) is 4.79 Å². The maximum absolute atomic E-state index is 12.3. The van der Waals surface area contributed by atoms with Crippen LogP contribution >= 0.6 is 0 Å². The summed E-state index contributed by atoms with van der Waals surface area (Å²) in [5.74, 6) is -0.887. The van der Waals surface area contributed by atoms with E-state index in [0.29, 0.717) is 17.0 Å². The molecule has 1 aromatic carbocycles. The van der Waals surface area contributed by atoms with Crippen LogP contribution < -0.4 is 10.3 Å². The fourth-order valence-electron chi connectivity index (χ4n) is 2.42. The number of esters is 1. The minimum absolute atomic E-state index is 0.193. The summed E-state index contributed by atoms with van der Waals surface area (Å²) < 4.78 is 11.2. The molecule has 7 nitrogen and oxygen atoms in total. The molecular weight excluding hydrogens is 350 g/mol. The van der Waals surface area contributed by atoms with Crippen LogP contribution in [-0.4, -0.2) is 35.1 Å². The molecule has 0 saturated carbocycles. The molecule has 0 fully saturated rings. The summed E-state index contributed by atoms with van der Waals surface area (Å²) in [5.41, 5.74) is 1.20. The van der Waals surface area contributed by atoms with Crippen LogP contribution in [0.15, 0.2) is 35.1 Å². The molecule has 0 atom stereocenters. The van der Waals surface area contributed by atoms with Crippen LogP contribution in [-0.2, 0) is 16.6 Å². The number of ether oxygens (including phenoxy) is 2. The van der Waals surface area contributed by atoms with Gasteiger partial charge in [-0.2, -0.15) is 0 Å². The van der Waals surface area contributed by atoms with Crippen LogP contribution in [0, 0.1) is 13.8 Å². The number of pyridine rings is 1. The second kappa shape index (κ2) is 8.35. The molecular formula is C20H21NO6. The summed E-state index contributed by atoms with van der Waals surface area (Å²) in [4.78, 5) is 35.7. The van der Waals surface area contributed by atoms with E-state index in [1.165, 1.54) is 36.9 Å². The van der Waals surface area contributed by atoms with E-state index in [9.17, 15) is 19.5 Å². The van der Waals surface area contributed by atoms with Crippen LogP contribution in [0.5, 0.6) is 11.5 Å². The summed E-state index contributed by atoms with van der Waals surface area (Å²) in [6, 6.07) is 6.52. The first kappa shape index (κ1) is 20.0. The van der Waals surface area contributed by atoms with E-state index in [4.69, 9.17) is 4.74 Å². The number of allylic oxidation sites excluding steroid dienone is 1. The summed E-state index contributed by atoms with van der Waals surface area (Å²) >= 11 is 0. The van der Waals surface area contributed by atoms with Gasteiger partial charge >= 0.3 is 5.97 Å². The predicted octanol–water partition coefficient (Wildman–Crippen LogP) is 2.16. The third-order valence-corrected chi connectivity index (χ3v) is 4.10. The number of methoxy groups -OCH3 is 1. The molecule has 142 valence electrons. The Balaban J connectivity index is 2.20. The molecule has 2 rings (SSSR count). The second-order valence-corrected chi connectivity index (χ2v) is 6.00. The van der Waals surface area contributed by atoms with Gasteiger partial charge in [-0.05, 0) is 43.2 Å². The maximum Gasteiger partial charge on any atom is 0.343 e. The Morgan fingerprint density at radius 2 is 1.93 bits per heavy atom. The van der Waals surface area contributed by atoms with Crippen LogP contribution in [0.25, 0.3) is 6.08 Å². The van der Waals surface area contributed by atoms with Gasteiger partial charge < -0.3 is 19.1 Å². The maximum atomic E-state index is 12.3. The summed E-state index contributed by atoms with van der Waals surface area (Å²) in [6.07, 6.45) is 2.77. The number of aromatic nitrogens is 1. The van der Waals surface area contributed by atoms with Gasteiger partial charge in [-0.1, -0.05) is 12.1 Å². The largest absolute Gasteiger partial charge is 0.507 e. The third kappa shape index (κ3) is 4.63. The van der Waals surface area contributed by atoms with Crippen molar-refractivity contribution in [3.8, 4) is 11.5 Å². The van der Waals surface area contributed by atoms with E-state index < -0.39 is 17.3 Å². The van der Waals surface area contributed by atoms with E-state index in [1.807, 2.05) is 0 Å². The molecule has 1 heterocycles. The molecule has 0 aliphatic carbocycles. The van der Waals surface area contributed by atoms with Crippen LogP contribution in [0.3, 0.4) is 0 Å². The standard InChI is InChI=1S/C20H21NO6/c1-12-9-14(6-8-17(12)27-11-18(24)26-4)5-7-15(22)19-16(23)10-13(2)21(3)20(19)25/h5-10,23H,11H2,1-4H3/b7-5+. The molecule has 1 N–H and O–H groups in total. The number of rotatable bonds is 6. The molecule has 2 aromatic rings. The van der Waals surface area contributed by atoms with Crippen molar-refractivity contribution in [3.63, 3.8) is 0 Å². The highest BCUT2D eigenvalue weighted by Gasteiger charge is 2.16. The van der Waals surface area contributed by atoms with Gasteiger partial charge in [0.05, 0.1) is 7.11 Å². The van der Waals surface area contributed by atoms with Gasteiger partial charge in [0.15, 0.2) is 12.4 Å². The monoisotopic (exact) mass is 371 g/mol. The van der Waals surface area contributed by atoms with Crippen molar-refractivity contribution in [2.24, 2.45) is 7.05 Å². The average Bonchev–Trinajstić information content (AvgIpc) is 2.63. The van der Waals surface area contributed by atoms with Gasteiger partial charge in [-0.15, -0.1) is 0 Å². The van der Waals surface area contributed by atoms with Crippen molar-refractivity contribution in [1.29, 1.82) is 0 Å². The average molecular weight is 371 g/mol. The zero-order valence-electron chi connectivity index (χ0n) is 15.6. The molecule has 0 radical (unpaired) electrons. The molecule has 0 saturated heterocycles. The van der Waals surface area contributed by atoms with E-state index >= 15 is 0 Å². The number of benzene rings is 1. The number of nitrogens with zero attached hydrogens (tertiary/aromatic N) is 1. The van der Waals surface area contributed by atoms with Gasteiger partial charge in [0, 0.05) is 18.8 Å². The fraction of sp³-hybridized carbons (Fsp3) is 0.250. The van der Waals surface area contributed by atoms with Gasteiger partial charge in [0.2, 0.25) is 0 Å². The lowest BCUT2D eigenvalue weighted by atomic mass is 10.1. The van der Waals surface area contributed by atoms with Crippen molar-refractivity contribution >= 4 is 17.8 Å². The lowest BCUT2D eigenvalue weighted by Gasteiger charge is -2.09. The topological polar surface area (TPSA) is 94.8 Å². The Hall–Kier alpha value is -3.35. The van der Waals surface area contributed by atoms with E-state index in [2.05, 4.69) is 4.74 Å². The van der Waals surface area contributed by atoms with Crippen molar-refractivity contribution in [1.82, 2.24) is 4.57 Å². The zero-order valence-corrected chi connectivity index (χ0v) is 15.6. The predicted molar refractivity (Wildman–Crippen MR) is 100 cm³/mol. The highest BCUT2D eigenvalue weighted by Crippen LogP contribution is 2.21. The minimum atomic E-state index is -0.586. The Bertz CT molecular complexity index is 971. The minimum Gasteiger partial charge on any atom is -0.507 e. The Labute approximate surface area is 156 Å². The van der Waals surface area contributed by atoms with Crippen LogP contribution in [0.2, 0.25) is 0 Å². The molecule has 0 unspecified atom stereocenters. The van der Waals surface area contributed by atoms with Crippen molar-refractivity contribution in [2.45, 2.75) is 13.8 Å². The van der Waals surface area contributed by atoms with Crippen molar-refractivity contribution in [2.75, 3.05) is 13.7 Å². The summed E-state index contributed by atoms with van der Waals surface area (Å²) in [6.45, 7) is 3.27. The highest BCUT2D eigenvalue weighted by molar-refractivity contribution is 6.08. The van der Waals surface area contributed by atoms with E-state index in [-0.39, 0.29) is 17.9 Å². The number of carbonyl (C=O) groups is 2. The molecule has 27 heavy (non-hydrogen) atoms. The number of ketones is 1. The van der Waals surface area contributed by atoms with E-state index in [0.717, 1.165) is 5.56 Å². The second-order valence-electron chi connectivity index (χ2n) is 6.00. The molecule has 1 aromatic heterocycles. The lowest BCUT2D eigenvalue weighted by Crippen LogP contribution is -2.25. The normalized spacial score (nSPS) is 10.8. The lowest BCUT2D eigenvalue weighted by molar-refractivity contribution is -0.142. The first-order valence-electron chi connectivity index (χ1n) is 8.17. The first-order valence-corrected chi connectivity index (χ1v) is 8.17. The van der Waals surface area contributed by atoms with Crippen LogP contribution in [0.1, 0.15) is 27.2 Å². The number of aromatic hydroxyl groups is 1. The third-order valence-electron chi connectivity index (χ3n) is 4.10. The fourth-order valence-corrected chi connectivity index (χ4v) is 2.42. The van der Waals surface area contributed by atoms with Crippen LogP contribution in [0.4, 0.5) is 0 Å². The SMILES string of the molecule is COC(=O)COc1ccc(/C=C/C(=O)c2c(O)cc(C)n(C)c2=O)cc1C. The molecule has 0 amide bonds. The Kier molecular flexibility index (Phi) is 6.18. The summed E-state index contributed by atoms with van der Waals surface area (Å²) in [7, 11) is 2.82. The smallest absolute Gasteiger partial charge is 0.343 e. The van der Waals surface area contributed by atoms with Crippen molar-refractivity contribution < 1.29 is 24.2 Å². The number of hydrogen-bond acceptors (Lipinski definition) is 6. The molecule has 0 spiro atoms.